The summed E-state index contributed by atoms with van der Waals surface area (Å²) in [6.07, 6.45) is 1.25. The van der Waals surface area contributed by atoms with Gasteiger partial charge in [-0.25, -0.2) is 0 Å². The Morgan fingerprint density at radius 1 is 1.31 bits per heavy atom. The van der Waals surface area contributed by atoms with Crippen LogP contribution in [-0.2, 0) is 4.79 Å². The van der Waals surface area contributed by atoms with Gasteiger partial charge in [0.15, 0.2) is 0 Å². The molecule has 1 rings (SSSR count). The molecule has 0 aliphatic heterocycles. The van der Waals surface area contributed by atoms with E-state index in [9.17, 15) is 4.79 Å². The van der Waals surface area contributed by atoms with Gasteiger partial charge in [0.1, 0.15) is 0 Å². The average molecular weight is 181 g/mol. The molecule has 2 heteroatoms. The van der Waals surface area contributed by atoms with Gasteiger partial charge in [-0.05, 0) is 12.1 Å². The lowest BCUT2D eigenvalue weighted by atomic mass is 10.3. The van der Waals surface area contributed by atoms with Crippen LogP contribution in [0.1, 0.15) is 28.6 Å². The van der Waals surface area contributed by atoms with Gasteiger partial charge in [0, 0.05) is 14.0 Å². The van der Waals surface area contributed by atoms with Gasteiger partial charge in [0.2, 0.25) is 5.91 Å². The second kappa shape index (κ2) is 7.35. The minimum atomic E-state index is -0.0359. The van der Waals surface area contributed by atoms with E-state index in [1.807, 2.05) is 30.3 Å². The highest BCUT2D eigenvalue weighted by atomic mass is 16.1. The quantitative estimate of drug-likeness (QED) is 0.707. The van der Waals surface area contributed by atoms with E-state index < -0.39 is 0 Å². The lowest BCUT2D eigenvalue weighted by molar-refractivity contribution is -0.114. The van der Waals surface area contributed by atoms with E-state index >= 15 is 0 Å². The molecular formula is C11H19NO. The third kappa shape index (κ3) is 7.06. The van der Waals surface area contributed by atoms with Crippen LogP contribution in [0.5, 0.6) is 0 Å². The molecule has 0 heterocycles. The molecule has 0 atom stereocenters. The Kier molecular flexibility index (Phi) is 6.60. The molecular weight excluding hydrogens is 162 g/mol. The second-order valence-corrected chi connectivity index (χ2v) is 2.75. The van der Waals surface area contributed by atoms with Gasteiger partial charge in [-0.2, -0.15) is 0 Å². The van der Waals surface area contributed by atoms with Crippen molar-refractivity contribution in [1.82, 2.24) is 0 Å². The number of hydrogen-bond donors (Lipinski definition) is 1. The van der Waals surface area contributed by atoms with Crippen molar-refractivity contribution in [3.63, 3.8) is 0 Å². The summed E-state index contributed by atoms with van der Waals surface area (Å²) in [5.41, 5.74) is 0.843. The molecule has 0 aromatic heterocycles. The lowest BCUT2D eigenvalue weighted by Crippen LogP contribution is -2.04. The molecule has 0 bridgehead atoms. The zero-order valence-corrected chi connectivity index (χ0v) is 8.50. The number of amides is 1. The van der Waals surface area contributed by atoms with Crippen molar-refractivity contribution in [2.45, 2.75) is 27.2 Å². The first kappa shape index (κ1) is 11.7. The smallest absolute Gasteiger partial charge is 0.221 e. The third-order valence-electron chi connectivity index (χ3n) is 1.09. The molecule has 1 N–H and O–H groups in total. The fraction of sp³-hybridized carbons (Fsp3) is 0.364. The molecule has 0 fully saturated rings. The molecule has 0 unspecified atom stereocenters. The molecule has 1 aromatic rings. The van der Waals surface area contributed by atoms with E-state index in [-0.39, 0.29) is 7.33 Å². The van der Waals surface area contributed by atoms with Crippen molar-refractivity contribution in [3.8, 4) is 0 Å². The number of para-hydroxylation sites is 1. The minimum absolute atomic E-state index is 0. The number of benzene rings is 1. The van der Waals surface area contributed by atoms with Gasteiger partial charge in [0.05, 0.1) is 0 Å². The van der Waals surface area contributed by atoms with Crippen molar-refractivity contribution in [2.75, 3.05) is 5.32 Å². The van der Waals surface area contributed by atoms with Crippen LogP contribution >= 0.6 is 0 Å². The maximum absolute atomic E-state index is 10.5. The fourth-order valence-corrected chi connectivity index (χ4v) is 0.725. The van der Waals surface area contributed by atoms with E-state index in [0.717, 1.165) is 5.69 Å². The van der Waals surface area contributed by atoms with Gasteiger partial charge in [-0.3, -0.25) is 4.79 Å². The number of nitrogens with one attached hydrogen (secondary N) is 1. The summed E-state index contributed by atoms with van der Waals surface area (Å²) in [6, 6.07) is 9.37. The minimum Gasteiger partial charge on any atom is -0.326 e. The SMILES string of the molecule is CC(=O)Nc1ccccc1.CCC.[HH]. The zero-order valence-electron chi connectivity index (χ0n) is 8.50. The topological polar surface area (TPSA) is 29.1 Å². The number of rotatable bonds is 1. The van der Waals surface area contributed by atoms with Crippen LogP contribution in [0.2, 0.25) is 0 Å². The summed E-state index contributed by atoms with van der Waals surface area (Å²) >= 11 is 0. The lowest BCUT2D eigenvalue weighted by Gasteiger charge is -1.98. The Hall–Kier alpha value is -1.31. The van der Waals surface area contributed by atoms with E-state index in [2.05, 4.69) is 19.2 Å². The predicted molar refractivity (Wildman–Crippen MR) is 58.8 cm³/mol. The summed E-state index contributed by atoms with van der Waals surface area (Å²) in [4.78, 5) is 10.5. The summed E-state index contributed by atoms with van der Waals surface area (Å²) in [5, 5.41) is 2.67. The monoisotopic (exact) mass is 181 g/mol. The maximum atomic E-state index is 10.5. The fourth-order valence-electron chi connectivity index (χ4n) is 0.725. The maximum Gasteiger partial charge on any atom is 0.221 e. The van der Waals surface area contributed by atoms with Crippen molar-refractivity contribution in [3.05, 3.63) is 30.3 Å². The van der Waals surface area contributed by atoms with Gasteiger partial charge >= 0.3 is 0 Å². The summed E-state index contributed by atoms with van der Waals surface area (Å²) in [7, 11) is 0. The van der Waals surface area contributed by atoms with Gasteiger partial charge in [-0.15, -0.1) is 0 Å². The van der Waals surface area contributed by atoms with Gasteiger partial charge in [-0.1, -0.05) is 38.5 Å². The molecule has 0 radical (unpaired) electrons. The molecule has 2 nitrogen and oxygen atoms in total. The highest BCUT2D eigenvalue weighted by molar-refractivity contribution is 5.88. The van der Waals surface area contributed by atoms with Crippen molar-refractivity contribution >= 4 is 11.6 Å². The standard InChI is InChI=1S/C8H9NO.C3H8.H2/c1-7(10)9-8-5-3-2-4-6-8;1-3-2;/h2-6H,1H3,(H,9,10);3H2,1-2H3;1H. The van der Waals surface area contributed by atoms with Crippen molar-refractivity contribution in [1.29, 1.82) is 0 Å². The predicted octanol–water partition coefficient (Wildman–Crippen LogP) is 3.31. The van der Waals surface area contributed by atoms with Gasteiger partial charge in [0.25, 0.3) is 0 Å². The number of carbonyl (C=O) groups is 1. The summed E-state index contributed by atoms with van der Waals surface area (Å²) in [6.45, 7) is 5.74. The van der Waals surface area contributed by atoms with Gasteiger partial charge < -0.3 is 5.32 Å². The normalized spacial score (nSPS) is 8.23. The van der Waals surface area contributed by atoms with E-state index in [1.165, 1.54) is 13.3 Å². The molecule has 1 aromatic carbocycles. The molecule has 0 saturated heterocycles. The molecule has 0 spiro atoms. The van der Waals surface area contributed by atoms with E-state index in [0.29, 0.717) is 0 Å². The summed E-state index contributed by atoms with van der Waals surface area (Å²) in [5.74, 6) is -0.0359. The Morgan fingerprint density at radius 3 is 2.15 bits per heavy atom. The average Bonchev–Trinajstić information content (AvgIpc) is 2.06. The highest BCUT2D eigenvalue weighted by Crippen LogP contribution is 2.03. The number of anilines is 1. The molecule has 0 saturated carbocycles. The highest BCUT2D eigenvalue weighted by Gasteiger charge is 1.90. The van der Waals surface area contributed by atoms with Crippen molar-refractivity contribution in [2.24, 2.45) is 0 Å². The first-order valence-electron chi connectivity index (χ1n) is 4.53. The summed E-state index contributed by atoms with van der Waals surface area (Å²) < 4.78 is 0. The van der Waals surface area contributed by atoms with Crippen molar-refractivity contribution < 1.29 is 6.22 Å². The first-order chi connectivity index (χ1) is 6.20. The molecule has 0 aliphatic rings. The Balaban J connectivity index is 0. The Labute approximate surface area is 81.5 Å². The van der Waals surface area contributed by atoms with Crippen LogP contribution in [0.4, 0.5) is 5.69 Å². The third-order valence-corrected chi connectivity index (χ3v) is 1.09. The number of carbonyl (C=O) groups excluding carboxylic acids is 1. The van der Waals surface area contributed by atoms with Crippen LogP contribution < -0.4 is 5.32 Å². The zero-order chi connectivity index (χ0) is 10.1. The molecule has 13 heavy (non-hydrogen) atoms. The van der Waals surface area contributed by atoms with Crippen LogP contribution in [0.15, 0.2) is 30.3 Å². The van der Waals surface area contributed by atoms with Crippen LogP contribution in [-0.4, -0.2) is 5.91 Å². The largest absolute Gasteiger partial charge is 0.326 e. The molecule has 74 valence electrons. The Morgan fingerprint density at radius 2 is 1.77 bits per heavy atom. The molecule has 0 aliphatic carbocycles. The van der Waals surface area contributed by atoms with E-state index in [1.54, 1.807) is 0 Å². The first-order valence-corrected chi connectivity index (χ1v) is 4.53. The van der Waals surface area contributed by atoms with Crippen LogP contribution in [0.3, 0.4) is 0 Å². The second-order valence-electron chi connectivity index (χ2n) is 2.75. The van der Waals surface area contributed by atoms with Crippen LogP contribution in [0.25, 0.3) is 0 Å². The number of hydrogen-bond acceptors (Lipinski definition) is 1. The van der Waals surface area contributed by atoms with E-state index in [4.69, 9.17) is 0 Å². The molecule has 1 amide bonds. The van der Waals surface area contributed by atoms with Crippen LogP contribution in [0, 0.1) is 0 Å². The Bertz CT molecular complexity index is 236.